The number of thiol groups is 1. The van der Waals surface area contributed by atoms with E-state index in [0.29, 0.717) is 4.58 Å². The van der Waals surface area contributed by atoms with Crippen molar-refractivity contribution in [2.45, 2.75) is 4.58 Å². The molecule has 56 valence electrons. The fraction of sp³-hybridized carbons (Fsp3) is 1.00. The Hall–Kier alpha value is 1.05. The Bertz CT molecular complexity index is 98.5. The van der Waals surface area contributed by atoms with E-state index in [1.807, 2.05) is 11.8 Å². The zero-order valence-corrected chi connectivity index (χ0v) is 8.49. The first-order chi connectivity index (χ1) is 4.16. The first kappa shape index (κ1) is 8.15. The summed E-state index contributed by atoms with van der Waals surface area (Å²) in [6.07, 6.45) is 4.58. The fourth-order valence-electron chi connectivity index (χ4n) is 0.721. The van der Waals surface area contributed by atoms with E-state index < -0.39 is 0 Å². The van der Waals surface area contributed by atoms with Crippen molar-refractivity contribution in [3.05, 3.63) is 0 Å². The first-order valence-corrected chi connectivity index (χ1v) is 7.44. The minimum absolute atomic E-state index is 0.0827. The van der Waals surface area contributed by atoms with Crippen LogP contribution in [0.25, 0.3) is 0 Å². The van der Waals surface area contributed by atoms with Crippen LogP contribution in [0.5, 0.6) is 0 Å². The third kappa shape index (κ3) is 2.64. The van der Waals surface area contributed by atoms with E-state index >= 15 is 0 Å². The molecular weight excluding hydrogens is 168 g/mol. The largest absolute Gasteiger partial charge is 0.240 e. The normalized spacial score (nSPS) is 29.2. The van der Waals surface area contributed by atoms with Crippen molar-refractivity contribution in [3.63, 3.8) is 0 Å². The van der Waals surface area contributed by atoms with Crippen LogP contribution in [0.2, 0.25) is 0 Å². The van der Waals surface area contributed by atoms with E-state index in [1.165, 1.54) is 17.3 Å². The number of hydrogen-bond acceptors (Lipinski definition) is 2. The van der Waals surface area contributed by atoms with Gasteiger partial charge >= 0.3 is 0 Å². The Kier molecular flexibility index (Phi) is 2.69. The highest BCUT2D eigenvalue weighted by Gasteiger charge is 2.32. The van der Waals surface area contributed by atoms with Crippen LogP contribution in [-0.2, 0) is 0 Å². The van der Waals surface area contributed by atoms with Crippen molar-refractivity contribution >= 4 is 34.4 Å². The predicted octanol–water partition coefficient (Wildman–Crippen LogP) is 2.05. The lowest BCUT2D eigenvalue weighted by molar-refractivity contribution is 1.45. The lowest BCUT2D eigenvalue weighted by Gasteiger charge is -2.16. The smallest absolute Gasteiger partial charge is 0.0545 e. The minimum Gasteiger partial charge on any atom is -0.240 e. The Morgan fingerprint density at radius 1 is 1.67 bits per heavy atom. The molecule has 9 heavy (non-hydrogen) atoms. The molecule has 1 rings (SSSR count). The van der Waals surface area contributed by atoms with Crippen LogP contribution in [-0.4, -0.2) is 34.4 Å². The van der Waals surface area contributed by atoms with Crippen molar-refractivity contribution in [3.8, 4) is 0 Å². The molecule has 1 unspecified atom stereocenters. The highest BCUT2D eigenvalue weighted by Crippen LogP contribution is 2.59. The molecular formula is C6H14S3. The molecule has 0 aromatic carbocycles. The van der Waals surface area contributed by atoms with Gasteiger partial charge in [-0.2, -0.15) is 24.4 Å². The lowest BCUT2D eigenvalue weighted by atomic mass is 10.9. The molecule has 0 aromatic heterocycles. The van der Waals surface area contributed by atoms with Crippen molar-refractivity contribution in [2.75, 3.05) is 29.8 Å². The quantitative estimate of drug-likeness (QED) is 0.396. The van der Waals surface area contributed by atoms with Crippen molar-refractivity contribution in [1.29, 1.82) is 0 Å². The van der Waals surface area contributed by atoms with Gasteiger partial charge in [-0.3, -0.25) is 0 Å². The van der Waals surface area contributed by atoms with Crippen LogP contribution in [0.15, 0.2) is 0 Å². The molecule has 0 nitrogen and oxygen atoms in total. The summed E-state index contributed by atoms with van der Waals surface area (Å²) in [6.45, 7) is 0. The fourth-order valence-corrected chi connectivity index (χ4v) is 5.49. The average Bonchev–Trinajstić information content (AvgIpc) is 2.48. The van der Waals surface area contributed by atoms with Gasteiger partial charge in [0.05, 0.1) is 4.58 Å². The van der Waals surface area contributed by atoms with E-state index in [2.05, 4.69) is 25.1 Å². The monoisotopic (exact) mass is 182 g/mol. The first-order valence-electron chi connectivity index (χ1n) is 3.08. The van der Waals surface area contributed by atoms with Crippen molar-refractivity contribution < 1.29 is 0 Å². The average molecular weight is 182 g/mol. The van der Waals surface area contributed by atoms with Crippen LogP contribution in [0.4, 0.5) is 0 Å². The summed E-state index contributed by atoms with van der Waals surface area (Å²) in [6, 6.07) is 0. The third-order valence-corrected chi connectivity index (χ3v) is 6.64. The molecule has 3 heteroatoms. The van der Waals surface area contributed by atoms with E-state index in [0.717, 1.165) is 0 Å². The van der Waals surface area contributed by atoms with E-state index in [1.54, 1.807) is 0 Å². The van der Waals surface area contributed by atoms with Crippen LogP contribution in [0, 0.1) is 0 Å². The van der Waals surface area contributed by atoms with E-state index in [4.69, 9.17) is 0 Å². The zero-order valence-electron chi connectivity index (χ0n) is 5.96. The van der Waals surface area contributed by atoms with Gasteiger partial charge in [0.15, 0.2) is 0 Å². The highest BCUT2D eigenvalue weighted by atomic mass is 32.3. The SMILES string of the molecule is CSC(S)CS1(C)CC1. The topological polar surface area (TPSA) is 0 Å². The maximum Gasteiger partial charge on any atom is 0.0545 e. The Labute approximate surface area is 68.9 Å². The Morgan fingerprint density at radius 2 is 2.22 bits per heavy atom. The Morgan fingerprint density at radius 3 is 2.56 bits per heavy atom. The van der Waals surface area contributed by atoms with Gasteiger partial charge in [0, 0.05) is 0 Å². The summed E-state index contributed by atoms with van der Waals surface area (Å²) in [5.41, 5.74) is 0. The van der Waals surface area contributed by atoms with Gasteiger partial charge in [-0.25, -0.2) is 10.0 Å². The summed E-state index contributed by atoms with van der Waals surface area (Å²) < 4.78 is 0.604. The van der Waals surface area contributed by atoms with Crippen LogP contribution < -0.4 is 0 Å². The van der Waals surface area contributed by atoms with Gasteiger partial charge in [-0.15, -0.1) is 0 Å². The summed E-state index contributed by atoms with van der Waals surface area (Å²) in [7, 11) is -0.0827. The molecule has 1 saturated heterocycles. The number of hydrogen-bond donors (Lipinski definition) is 1. The van der Waals surface area contributed by atoms with Gasteiger partial charge in [-0.05, 0) is 29.8 Å². The molecule has 1 heterocycles. The number of thioether (sulfide) groups is 1. The highest BCUT2D eigenvalue weighted by molar-refractivity contribution is 8.39. The molecule has 0 amide bonds. The molecule has 0 aromatic rings. The summed E-state index contributed by atoms with van der Waals surface area (Å²) in [5, 5.41) is 0. The molecule has 0 bridgehead atoms. The molecule has 0 radical (unpaired) electrons. The van der Waals surface area contributed by atoms with Crippen LogP contribution in [0.3, 0.4) is 0 Å². The number of rotatable bonds is 3. The summed E-state index contributed by atoms with van der Waals surface area (Å²) in [5.74, 6) is 4.38. The van der Waals surface area contributed by atoms with Gasteiger partial charge in [0.2, 0.25) is 0 Å². The molecule has 1 aliphatic heterocycles. The van der Waals surface area contributed by atoms with Gasteiger partial charge in [0.1, 0.15) is 0 Å². The zero-order chi connectivity index (χ0) is 6.91. The summed E-state index contributed by atoms with van der Waals surface area (Å²) in [4.78, 5) is 0. The molecule has 0 saturated carbocycles. The van der Waals surface area contributed by atoms with Crippen molar-refractivity contribution in [2.24, 2.45) is 0 Å². The molecule has 0 N–H and O–H groups in total. The van der Waals surface area contributed by atoms with Crippen LogP contribution in [0.1, 0.15) is 0 Å². The third-order valence-electron chi connectivity index (χ3n) is 1.72. The Balaban J connectivity index is 2.17. The second-order valence-corrected chi connectivity index (χ2v) is 8.86. The van der Waals surface area contributed by atoms with Gasteiger partial charge in [0.25, 0.3) is 0 Å². The van der Waals surface area contributed by atoms with Gasteiger partial charge < -0.3 is 0 Å². The maximum atomic E-state index is 4.45. The molecule has 0 spiro atoms. The molecule has 1 aliphatic rings. The second-order valence-electron chi connectivity index (χ2n) is 2.74. The molecule has 1 atom stereocenters. The van der Waals surface area contributed by atoms with Crippen molar-refractivity contribution in [1.82, 2.24) is 0 Å². The standard InChI is InChI=1S/C6H14S3/c1-8-6(7)5-9(2)3-4-9/h6-7H,3-5H2,1-2H3. The molecule has 1 fully saturated rings. The minimum atomic E-state index is -0.0827. The van der Waals surface area contributed by atoms with Crippen LogP contribution >= 0.6 is 34.4 Å². The predicted molar refractivity (Wildman–Crippen MR) is 54.4 cm³/mol. The lowest BCUT2D eigenvalue weighted by Crippen LogP contribution is -2.00. The van der Waals surface area contributed by atoms with E-state index in [9.17, 15) is 0 Å². The molecule has 0 aliphatic carbocycles. The maximum absolute atomic E-state index is 4.45. The summed E-state index contributed by atoms with van der Waals surface area (Å²) >= 11 is 6.32. The second kappa shape index (κ2) is 2.97. The van der Waals surface area contributed by atoms with Gasteiger partial charge in [-0.1, -0.05) is 0 Å². The van der Waals surface area contributed by atoms with E-state index in [-0.39, 0.29) is 10.0 Å².